The Morgan fingerprint density at radius 2 is 1.82 bits per heavy atom. The van der Waals surface area contributed by atoms with Crippen LogP contribution in [0.1, 0.15) is 18.1 Å². The fraction of sp³-hybridized carbons (Fsp3) is 0.143. The first kappa shape index (κ1) is 23.7. The number of rotatable bonds is 5. The molecule has 0 aliphatic rings. The number of nitrogens with one attached hydrogen (secondary N) is 2. The number of pyridine rings is 2. The molecule has 1 aromatic carbocycles. The second kappa shape index (κ2) is 8.87. The van der Waals surface area contributed by atoms with Crippen molar-refractivity contribution in [3.63, 3.8) is 0 Å². The molecule has 0 bridgehead atoms. The van der Waals surface area contributed by atoms with Crippen molar-refractivity contribution in [1.82, 2.24) is 9.97 Å². The molecule has 33 heavy (non-hydrogen) atoms. The molecule has 2 N–H and O–H groups in total. The van der Waals surface area contributed by atoms with Gasteiger partial charge in [-0.15, -0.1) is 0 Å². The van der Waals surface area contributed by atoms with Crippen LogP contribution in [0.15, 0.2) is 53.7 Å². The van der Waals surface area contributed by atoms with E-state index in [1.807, 2.05) is 6.07 Å². The first-order valence-corrected chi connectivity index (χ1v) is 11.1. The number of anilines is 3. The van der Waals surface area contributed by atoms with Crippen LogP contribution in [0.2, 0.25) is 0 Å². The van der Waals surface area contributed by atoms with Gasteiger partial charge in [-0.1, -0.05) is 0 Å². The third-order valence-corrected chi connectivity index (χ3v) is 5.41. The fourth-order valence-corrected chi connectivity index (χ4v) is 3.52. The zero-order valence-corrected chi connectivity index (χ0v) is 18.0. The van der Waals surface area contributed by atoms with E-state index in [1.165, 1.54) is 37.4 Å². The highest BCUT2D eigenvalue weighted by Gasteiger charge is 2.30. The van der Waals surface area contributed by atoms with Crippen molar-refractivity contribution in [3.05, 3.63) is 59.9 Å². The van der Waals surface area contributed by atoms with Gasteiger partial charge in [-0.3, -0.25) is 9.78 Å². The van der Waals surface area contributed by atoms with Crippen molar-refractivity contribution in [2.45, 2.75) is 18.0 Å². The Kier molecular flexibility index (Phi) is 6.37. The summed E-state index contributed by atoms with van der Waals surface area (Å²) in [5.41, 5.74) is 0.0558. The number of aromatic nitrogens is 2. The normalized spacial score (nSPS) is 11.5. The Morgan fingerprint density at radius 3 is 2.36 bits per heavy atom. The predicted molar refractivity (Wildman–Crippen MR) is 114 cm³/mol. The molecule has 3 aromatic rings. The molecule has 2 heterocycles. The zero-order chi connectivity index (χ0) is 24.4. The average Bonchev–Trinajstić information content (AvgIpc) is 2.72. The first-order valence-electron chi connectivity index (χ1n) is 9.20. The Bertz CT molecular complexity index is 1370. The predicted octanol–water partition coefficient (Wildman–Crippen LogP) is 4.14. The maximum atomic E-state index is 12.9. The highest BCUT2D eigenvalue weighted by atomic mass is 32.2. The Labute approximate surface area is 187 Å². The van der Waals surface area contributed by atoms with Crippen LogP contribution in [0.5, 0.6) is 0 Å². The number of sulfone groups is 1. The Balaban J connectivity index is 2.12. The van der Waals surface area contributed by atoms with E-state index in [0.29, 0.717) is 6.20 Å². The zero-order valence-electron chi connectivity index (χ0n) is 17.2. The highest BCUT2D eigenvalue weighted by Crippen LogP contribution is 2.34. The molecule has 0 saturated carbocycles. The van der Waals surface area contributed by atoms with Crippen LogP contribution in [0.4, 0.5) is 30.4 Å². The molecule has 0 radical (unpaired) electrons. The molecule has 0 atom stereocenters. The maximum Gasteiger partial charge on any atom is 0.417 e. The molecule has 1 amide bonds. The molecule has 0 spiro atoms. The standard InChI is InChI=1S/C21H16F3N5O3S/c1-12(30)28-20-8-19(29-15-5-13(9-25)6-16(7-15)33(2,31)32)17(11-27-20)18-4-3-14(10-26-18)21(22,23)24/h3-8,10-11H,1-2H3,(H2,27,28,29,30). The van der Waals surface area contributed by atoms with Gasteiger partial charge in [-0.2, -0.15) is 18.4 Å². The Hall–Kier alpha value is -3.98. The monoisotopic (exact) mass is 475 g/mol. The van der Waals surface area contributed by atoms with E-state index in [1.54, 1.807) is 0 Å². The van der Waals surface area contributed by atoms with Crippen molar-refractivity contribution in [2.24, 2.45) is 0 Å². The number of benzene rings is 1. The van der Waals surface area contributed by atoms with Gasteiger partial charge in [0.05, 0.1) is 33.5 Å². The van der Waals surface area contributed by atoms with Gasteiger partial charge in [0.2, 0.25) is 5.91 Å². The third-order valence-electron chi connectivity index (χ3n) is 4.32. The van der Waals surface area contributed by atoms with Crippen LogP contribution < -0.4 is 10.6 Å². The number of hydrogen-bond donors (Lipinski definition) is 2. The van der Waals surface area contributed by atoms with Crippen LogP contribution in [-0.4, -0.2) is 30.5 Å². The second-order valence-corrected chi connectivity index (χ2v) is 9.00. The van der Waals surface area contributed by atoms with Crippen LogP contribution >= 0.6 is 0 Å². The smallest absolute Gasteiger partial charge is 0.355 e. The van der Waals surface area contributed by atoms with Crippen molar-refractivity contribution >= 4 is 32.9 Å². The highest BCUT2D eigenvalue weighted by molar-refractivity contribution is 7.90. The summed E-state index contributed by atoms with van der Waals surface area (Å²) in [4.78, 5) is 19.3. The summed E-state index contributed by atoms with van der Waals surface area (Å²) < 4.78 is 62.6. The Morgan fingerprint density at radius 1 is 1.09 bits per heavy atom. The molecule has 8 nitrogen and oxygen atoms in total. The third kappa shape index (κ3) is 5.83. The number of carbonyl (C=O) groups is 1. The van der Waals surface area contributed by atoms with Gasteiger partial charge in [0.25, 0.3) is 0 Å². The van der Waals surface area contributed by atoms with Crippen LogP contribution in [0.3, 0.4) is 0 Å². The van der Waals surface area contributed by atoms with Crippen LogP contribution in [0.25, 0.3) is 11.3 Å². The minimum Gasteiger partial charge on any atom is -0.355 e. The lowest BCUT2D eigenvalue weighted by atomic mass is 10.1. The van der Waals surface area contributed by atoms with Crippen LogP contribution in [-0.2, 0) is 20.8 Å². The lowest BCUT2D eigenvalue weighted by molar-refractivity contribution is -0.137. The fourth-order valence-electron chi connectivity index (χ4n) is 2.84. The topological polar surface area (TPSA) is 125 Å². The number of amides is 1. The van der Waals surface area contributed by atoms with E-state index >= 15 is 0 Å². The number of nitrogens with zero attached hydrogens (tertiary/aromatic N) is 3. The van der Waals surface area contributed by atoms with E-state index in [4.69, 9.17) is 0 Å². The lowest BCUT2D eigenvalue weighted by Crippen LogP contribution is -2.09. The van der Waals surface area contributed by atoms with Crippen LogP contribution in [0, 0.1) is 11.3 Å². The largest absolute Gasteiger partial charge is 0.417 e. The van der Waals surface area contributed by atoms with Crippen molar-refractivity contribution in [2.75, 3.05) is 16.9 Å². The second-order valence-electron chi connectivity index (χ2n) is 6.98. The number of halogens is 3. The summed E-state index contributed by atoms with van der Waals surface area (Å²) in [6, 6.07) is 9.24. The van der Waals surface area contributed by atoms with Crippen molar-refractivity contribution < 1.29 is 26.4 Å². The van der Waals surface area contributed by atoms with Gasteiger partial charge in [-0.25, -0.2) is 13.4 Å². The summed E-state index contributed by atoms with van der Waals surface area (Å²) in [5.74, 6) is -0.264. The minimum absolute atomic E-state index is 0.0748. The molecule has 12 heteroatoms. The maximum absolute atomic E-state index is 12.9. The summed E-state index contributed by atoms with van der Waals surface area (Å²) >= 11 is 0. The van der Waals surface area contributed by atoms with E-state index in [2.05, 4.69) is 20.6 Å². The van der Waals surface area contributed by atoms with Gasteiger partial charge < -0.3 is 10.6 Å². The minimum atomic E-state index is -4.56. The quantitative estimate of drug-likeness (QED) is 0.568. The molecule has 0 unspecified atom stereocenters. The molecule has 170 valence electrons. The van der Waals surface area contributed by atoms with Gasteiger partial charge >= 0.3 is 6.18 Å². The molecular formula is C21H16F3N5O3S. The molecule has 0 saturated heterocycles. The van der Waals surface area contributed by atoms with E-state index in [0.717, 1.165) is 18.4 Å². The molecule has 0 aliphatic heterocycles. The molecule has 2 aromatic heterocycles. The summed E-state index contributed by atoms with van der Waals surface area (Å²) in [5, 5.41) is 14.7. The number of nitriles is 1. The van der Waals surface area contributed by atoms with Gasteiger partial charge in [-0.05, 0) is 30.3 Å². The molecule has 3 rings (SSSR count). The van der Waals surface area contributed by atoms with Gasteiger partial charge in [0.1, 0.15) is 5.82 Å². The van der Waals surface area contributed by atoms with E-state index in [-0.39, 0.29) is 38.9 Å². The first-order chi connectivity index (χ1) is 15.4. The van der Waals surface area contributed by atoms with Gasteiger partial charge in [0.15, 0.2) is 9.84 Å². The summed E-state index contributed by atoms with van der Waals surface area (Å²) in [7, 11) is -3.63. The number of carbonyl (C=O) groups excluding carboxylic acids is 1. The summed E-state index contributed by atoms with van der Waals surface area (Å²) in [6.07, 6.45) is -1.58. The average molecular weight is 475 g/mol. The van der Waals surface area contributed by atoms with E-state index in [9.17, 15) is 31.6 Å². The van der Waals surface area contributed by atoms with Gasteiger partial charge in [0, 0.05) is 42.9 Å². The van der Waals surface area contributed by atoms with Crippen molar-refractivity contribution in [1.29, 1.82) is 5.26 Å². The number of alkyl halides is 3. The summed E-state index contributed by atoms with van der Waals surface area (Å²) in [6.45, 7) is 1.27. The SMILES string of the molecule is CC(=O)Nc1cc(Nc2cc(C#N)cc(S(C)(=O)=O)c2)c(-c2ccc(C(F)(F)F)cn2)cn1. The lowest BCUT2D eigenvalue weighted by Gasteiger charge is -2.15. The number of hydrogen-bond acceptors (Lipinski definition) is 7. The molecule has 0 fully saturated rings. The molecule has 0 aliphatic carbocycles. The van der Waals surface area contributed by atoms with E-state index < -0.39 is 27.5 Å². The molecular weight excluding hydrogens is 459 g/mol. The van der Waals surface area contributed by atoms with Crippen molar-refractivity contribution in [3.8, 4) is 17.3 Å².